The Labute approximate surface area is 205 Å². The number of ether oxygens (including phenoxy) is 2. The standard InChI is InChI=1S/C24H22N6O4S/c31-22(26-17-6-7-18-19(14-17)34-13-12-33-18)15-35-23-9-8-20-27-28-21(30(20)29-23)10-11-25-24(32)16-4-2-1-3-5-16/h1-9,14H,10-13,15H2,(H,25,32)(H,26,31). The fraction of sp³-hybridized carbons (Fsp3) is 0.208. The summed E-state index contributed by atoms with van der Waals surface area (Å²) in [4.78, 5) is 24.7. The van der Waals surface area contributed by atoms with Crippen LogP contribution in [-0.2, 0) is 11.2 Å². The Morgan fingerprint density at radius 3 is 2.66 bits per heavy atom. The van der Waals surface area contributed by atoms with E-state index in [0.29, 0.717) is 65.4 Å². The zero-order valence-corrected chi connectivity index (χ0v) is 19.5. The highest BCUT2D eigenvalue weighted by Crippen LogP contribution is 2.32. The average molecular weight is 491 g/mol. The normalized spacial score (nSPS) is 12.3. The van der Waals surface area contributed by atoms with Crippen LogP contribution in [0.25, 0.3) is 5.65 Å². The van der Waals surface area contributed by atoms with Gasteiger partial charge in [-0.3, -0.25) is 9.59 Å². The van der Waals surface area contributed by atoms with Crippen molar-refractivity contribution in [3.05, 3.63) is 72.1 Å². The number of nitrogens with zero attached hydrogens (tertiary/aromatic N) is 4. The van der Waals surface area contributed by atoms with Crippen LogP contribution in [-0.4, -0.2) is 57.1 Å². The summed E-state index contributed by atoms with van der Waals surface area (Å²) in [5, 5.41) is 19.3. The number of rotatable bonds is 8. The van der Waals surface area contributed by atoms with E-state index in [4.69, 9.17) is 9.47 Å². The second-order valence-electron chi connectivity index (χ2n) is 7.63. The fourth-order valence-electron chi connectivity index (χ4n) is 3.49. The molecule has 2 amide bonds. The van der Waals surface area contributed by atoms with Crippen molar-refractivity contribution < 1.29 is 19.1 Å². The molecular formula is C24H22N6O4S. The van der Waals surface area contributed by atoms with Crippen LogP contribution in [0.5, 0.6) is 11.5 Å². The largest absolute Gasteiger partial charge is 0.486 e. The van der Waals surface area contributed by atoms with Crippen LogP contribution >= 0.6 is 11.8 Å². The Morgan fingerprint density at radius 1 is 0.971 bits per heavy atom. The number of hydrogen-bond donors (Lipinski definition) is 2. The van der Waals surface area contributed by atoms with Crippen molar-refractivity contribution in [2.24, 2.45) is 0 Å². The predicted octanol–water partition coefficient (Wildman–Crippen LogP) is 2.60. The molecule has 178 valence electrons. The number of benzene rings is 2. The third kappa shape index (κ3) is 5.52. The fourth-order valence-corrected chi connectivity index (χ4v) is 4.14. The smallest absolute Gasteiger partial charge is 0.251 e. The molecule has 2 aromatic carbocycles. The molecule has 0 saturated heterocycles. The second-order valence-corrected chi connectivity index (χ2v) is 8.62. The van der Waals surface area contributed by atoms with Crippen molar-refractivity contribution in [3.8, 4) is 11.5 Å². The molecular weight excluding hydrogens is 468 g/mol. The Morgan fingerprint density at radius 2 is 1.80 bits per heavy atom. The van der Waals surface area contributed by atoms with Gasteiger partial charge in [-0.1, -0.05) is 30.0 Å². The first-order valence-electron chi connectivity index (χ1n) is 11.0. The minimum atomic E-state index is -0.166. The maximum Gasteiger partial charge on any atom is 0.251 e. The number of thioether (sulfide) groups is 1. The number of anilines is 1. The van der Waals surface area contributed by atoms with E-state index >= 15 is 0 Å². The Balaban J connectivity index is 1.16. The molecule has 1 aliphatic heterocycles. The van der Waals surface area contributed by atoms with Crippen molar-refractivity contribution in [1.29, 1.82) is 0 Å². The molecule has 0 bridgehead atoms. The molecule has 35 heavy (non-hydrogen) atoms. The lowest BCUT2D eigenvalue weighted by Crippen LogP contribution is -2.26. The van der Waals surface area contributed by atoms with Gasteiger partial charge in [-0.2, -0.15) is 9.61 Å². The number of fused-ring (bicyclic) bond motifs is 2. The first-order chi connectivity index (χ1) is 17.2. The maximum atomic E-state index is 12.5. The highest BCUT2D eigenvalue weighted by molar-refractivity contribution is 7.99. The van der Waals surface area contributed by atoms with Gasteiger partial charge < -0.3 is 20.1 Å². The molecule has 1 aliphatic rings. The molecule has 0 aliphatic carbocycles. The number of carbonyl (C=O) groups excluding carboxylic acids is 2. The maximum absolute atomic E-state index is 12.5. The highest BCUT2D eigenvalue weighted by Gasteiger charge is 2.14. The minimum absolute atomic E-state index is 0.146. The van der Waals surface area contributed by atoms with Crippen LogP contribution in [0.4, 0.5) is 5.69 Å². The quantitative estimate of drug-likeness (QED) is 0.362. The Bertz CT molecular complexity index is 1360. The lowest BCUT2D eigenvalue weighted by Gasteiger charge is -2.18. The monoisotopic (exact) mass is 490 g/mol. The summed E-state index contributed by atoms with van der Waals surface area (Å²) in [7, 11) is 0. The van der Waals surface area contributed by atoms with Gasteiger partial charge in [0.2, 0.25) is 5.91 Å². The van der Waals surface area contributed by atoms with Crippen LogP contribution in [0.1, 0.15) is 16.2 Å². The molecule has 0 atom stereocenters. The summed E-state index contributed by atoms with van der Waals surface area (Å²) in [6.45, 7) is 1.40. The van der Waals surface area contributed by atoms with Crippen molar-refractivity contribution in [1.82, 2.24) is 25.1 Å². The van der Waals surface area contributed by atoms with Gasteiger partial charge in [-0.15, -0.1) is 10.2 Å². The van der Waals surface area contributed by atoms with Crippen molar-refractivity contribution in [3.63, 3.8) is 0 Å². The van der Waals surface area contributed by atoms with Gasteiger partial charge in [-0.05, 0) is 36.4 Å². The van der Waals surface area contributed by atoms with Crippen LogP contribution in [0.3, 0.4) is 0 Å². The second kappa shape index (κ2) is 10.4. The number of aromatic nitrogens is 4. The van der Waals surface area contributed by atoms with Crippen molar-refractivity contribution in [2.75, 3.05) is 30.8 Å². The molecule has 4 aromatic rings. The molecule has 0 saturated carbocycles. The molecule has 3 heterocycles. The lowest BCUT2D eigenvalue weighted by molar-refractivity contribution is -0.113. The van der Waals surface area contributed by atoms with Gasteiger partial charge in [-0.25, -0.2) is 0 Å². The van der Waals surface area contributed by atoms with E-state index in [1.54, 1.807) is 47.0 Å². The summed E-state index contributed by atoms with van der Waals surface area (Å²) in [5.41, 5.74) is 1.84. The third-order valence-corrected chi connectivity index (χ3v) is 6.07. The van der Waals surface area contributed by atoms with Gasteiger partial charge in [0.25, 0.3) is 5.91 Å². The number of amides is 2. The summed E-state index contributed by atoms with van der Waals surface area (Å²) in [6, 6.07) is 17.9. The number of carbonyl (C=O) groups is 2. The predicted molar refractivity (Wildman–Crippen MR) is 130 cm³/mol. The Kier molecular flexibility index (Phi) is 6.75. The third-order valence-electron chi connectivity index (χ3n) is 5.15. The molecule has 10 nitrogen and oxygen atoms in total. The van der Waals surface area contributed by atoms with E-state index in [0.717, 1.165) is 0 Å². The summed E-state index contributed by atoms with van der Waals surface area (Å²) < 4.78 is 12.7. The zero-order valence-electron chi connectivity index (χ0n) is 18.6. The topological polar surface area (TPSA) is 120 Å². The van der Waals surface area contributed by atoms with Gasteiger partial charge >= 0.3 is 0 Å². The minimum Gasteiger partial charge on any atom is -0.486 e. The van der Waals surface area contributed by atoms with Gasteiger partial charge in [0.05, 0.1) is 5.75 Å². The van der Waals surface area contributed by atoms with Crippen molar-refractivity contribution >= 4 is 34.9 Å². The molecule has 2 N–H and O–H groups in total. The zero-order chi connectivity index (χ0) is 24.0. The summed E-state index contributed by atoms with van der Waals surface area (Å²) >= 11 is 1.30. The average Bonchev–Trinajstić information content (AvgIpc) is 3.30. The van der Waals surface area contributed by atoms with Crippen LogP contribution in [0, 0.1) is 0 Å². The molecule has 0 fully saturated rings. The van der Waals surface area contributed by atoms with Gasteiger partial charge in [0.1, 0.15) is 18.2 Å². The summed E-state index contributed by atoms with van der Waals surface area (Å²) in [6.07, 6.45) is 0.464. The van der Waals surface area contributed by atoms with E-state index in [1.807, 2.05) is 18.2 Å². The molecule has 0 spiro atoms. The van der Waals surface area contributed by atoms with Gasteiger partial charge in [0, 0.05) is 30.3 Å². The van der Waals surface area contributed by atoms with E-state index < -0.39 is 0 Å². The molecule has 0 unspecified atom stereocenters. The van der Waals surface area contributed by atoms with E-state index in [9.17, 15) is 9.59 Å². The number of nitrogens with one attached hydrogen (secondary N) is 2. The van der Waals surface area contributed by atoms with Crippen LogP contribution < -0.4 is 20.1 Å². The molecule has 5 rings (SSSR count). The highest BCUT2D eigenvalue weighted by atomic mass is 32.2. The Hall–Kier alpha value is -4.12. The first-order valence-corrected chi connectivity index (χ1v) is 12.0. The van der Waals surface area contributed by atoms with Crippen molar-refractivity contribution in [2.45, 2.75) is 11.4 Å². The molecule has 2 aromatic heterocycles. The summed E-state index contributed by atoms with van der Waals surface area (Å²) in [5.74, 6) is 1.78. The lowest BCUT2D eigenvalue weighted by atomic mass is 10.2. The molecule has 11 heteroatoms. The van der Waals surface area contributed by atoms with E-state index in [1.165, 1.54) is 11.8 Å². The first kappa shape index (κ1) is 22.7. The molecule has 0 radical (unpaired) electrons. The van der Waals surface area contributed by atoms with Crippen LogP contribution in [0.15, 0.2) is 65.7 Å². The number of hydrogen-bond acceptors (Lipinski definition) is 8. The van der Waals surface area contributed by atoms with Gasteiger partial charge in [0.15, 0.2) is 23.0 Å². The van der Waals surface area contributed by atoms with E-state index in [2.05, 4.69) is 25.9 Å². The van der Waals surface area contributed by atoms with Crippen LogP contribution in [0.2, 0.25) is 0 Å². The SMILES string of the molecule is O=C(CSc1ccc2nnc(CCNC(=O)c3ccccc3)n2n1)Nc1ccc2c(c1)OCCO2. The van der Waals surface area contributed by atoms with E-state index in [-0.39, 0.29) is 17.6 Å².